The molecule has 0 amide bonds. The number of likely N-dealkylation sites (tertiary alicyclic amines) is 1. The summed E-state index contributed by atoms with van der Waals surface area (Å²) in [6.07, 6.45) is 6.00. The van der Waals surface area contributed by atoms with Crippen LogP contribution in [0.4, 0.5) is 5.95 Å². The van der Waals surface area contributed by atoms with Gasteiger partial charge in [-0.05, 0) is 57.5 Å². The summed E-state index contributed by atoms with van der Waals surface area (Å²) in [6, 6.07) is 4.46. The van der Waals surface area contributed by atoms with Crippen molar-refractivity contribution in [3.05, 3.63) is 23.9 Å². The zero-order valence-electron chi connectivity index (χ0n) is 12.3. The molecule has 1 fully saturated rings. The van der Waals surface area contributed by atoms with Crippen LogP contribution in [0.25, 0.3) is 5.65 Å². The second kappa shape index (κ2) is 5.79. The molecule has 3 rings (SSSR count). The number of fused-ring (bicyclic) bond motifs is 1. The molecule has 108 valence electrons. The molecule has 1 N–H and O–H groups in total. The second-order valence-corrected chi connectivity index (χ2v) is 5.85. The van der Waals surface area contributed by atoms with E-state index in [9.17, 15) is 0 Å². The van der Waals surface area contributed by atoms with Gasteiger partial charge in [-0.3, -0.25) is 0 Å². The molecule has 0 bridgehead atoms. The van der Waals surface area contributed by atoms with Gasteiger partial charge in [-0.25, -0.2) is 4.52 Å². The van der Waals surface area contributed by atoms with Gasteiger partial charge in [0.25, 0.3) is 0 Å². The van der Waals surface area contributed by atoms with Crippen molar-refractivity contribution in [2.75, 3.05) is 25.0 Å². The maximum atomic E-state index is 4.53. The van der Waals surface area contributed by atoms with E-state index in [4.69, 9.17) is 0 Å². The third kappa shape index (κ3) is 3.10. The Morgan fingerprint density at radius 2 is 2.10 bits per heavy atom. The molecule has 1 aliphatic heterocycles. The van der Waals surface area contributed by atoms with Gasteiger partial charge in [0.1, 0.15) is 0 Å². The summed E-state index contributed by atoms with van der Waals surface area (Å²) in [5.74, 6) is 0.722. The topological polar surface area (TPSA) is 45.5 Å². The summed E-state index contributed by atoms with van der Waals surface area (Å²) < 4.78 is 1.82. The van der Waals surface area contributed by atoms with Crippen LogP contribution in [0.15, 0.2) is 18.3 Å². The fourth-order valence-corrected chi connectivity index (χ4v) is 2.84. The number of hydrogen-bond donors (Lipinski definition) is 1. The number of nitrogens with one attached hydrogen (secondary N) is 1. The Morgan fingerprint density at radius 3 is 2.90 bits per heavy atom. The number of aromatic nitrogens is 3. The van der Waals surface area contributed by atoms with E-state index < -0.39 is 0 Å². The number of anilines is 1. The van der Waals surface area contributed by atoms with Gasteiger partial charge < -0.3 is 10.2 Å². The van der Waals surface area contributed by atoms with Gasteiger partial charge in [0.15, 0.2) is 5.65 Å². The molecule has 0 spiro atoms. The van der Waals surface area contributed by atoms with Crippen molar-refractivity contribution in [3.63, 3.8) is 0 Å². The maximum Gasteiger partial charge on any atom is 0.243 e. The number of aryl methyl sites for hydroxylation is 1. The Kier molecular flexibility index (Phi) is 3.87. The van der Waals surface area contributed by atoms with Gasteiger partial charge in [-0.15, -0.1) is 5.10 Å². The van der Waals surface area contributed by atoms with Crippen molar-refractivity contribution in [2.45, 2.75) is 39.2 Å². The first-order chi connectivity index (χ1) is 9.70. The average molecular weight is 273 g/mol. The van der Waals surface area contributed by atoms with Crippen LogP contribution in [0.1, 0.15) is 31.7 Å². The first-order valence-corrected chi connectivity index (χ1v) is 7.52. The molecule has 3 heterocycles. The molecule has 1 atom stereocenters. The molecular weight excluding hydrogens is 250 g/mol. The molecule has 0 aromatic carbocycles. The highest BCUT2D eigenvalue weighted by atomic mass is 15.3. The van der Waals surface area contributed by atoms with Crippen LogP contribution >= 0.6 is 0 Å². The number of pyridine rings is 1. The van der Waals surface area contributed by atoms with Crippen LogP contribution in [0, 0.1) is 6.92 Å². The molecule has 0 aliphatic carbocycles. The molecule has 5 heteroatoms. The molecule has 2 aromatic rings. The van der Waals surface area contributed by atoms with Crippen LogP contribution in [0.3, 0.4) is 0 Å². The zero-order valence-corrected chi connectivity index (χ0v) is 12.3. The predicted molar refractivity (Wildman–Crippen MR) is 81.1 cm³/mol. The van der Waals surface area contributed by atoms with Crippen molar-refractivity contribution in [2.24, 2.45) is 0 Å². The van der Waals surface area contributed by atoms with Crippen LogP contribution in [-0.2, 0) is 0 Å². The second-order valence-electron chi connectivity index (χ2n) is 5.85. The van der Waals surface area contributed by atoms with E-state index in [1.165, 1.54) is 37.9 Å². The van der Waals surface area contributed by atoms with Crippen LogP contribution in [0.2, 0.25) is 0 Å². The maximum absolute atomic E-state index is 4.53. The molecule has 5 nitrogen and oxygen atoms in total. The van der Waals surface area contributed by atoms with Gasteiger partial charge in [-0.2, -0.15) is 4.98 Å². The Balaban J connectivity index is 1.63. The molecule has 20 heavy (non-hydrogen) atoms. The Bertz CT molecular complexity index is 571. The van der Waals surface area contributed by atoms with Gasteiger partial charge >= 0.3 is 0 Å². The predicted octanol–water partition coefficient (Wildman–Crippen LogP) is 2.32. The van der Waals surface area contributed by atoms with Crippen LogP contribution < -0.4 is 5.32 Å². The summed E-state index contributed by atoms with van der Waals surface area (Å²) >= 11 is 0. The highest BCUT2D eigenvalue weighted by Crippen LogP contribution is 2.11. The summed E-state index contributed by atoms with van der Waals surface area (Å²) in [6.45, 7) is 7.79. The third-order valence-corrected chi connectivity index (χ3v) is 3.85. The molecule has 1 unspecified atom stereocenters. The summed E-state index contributed by atoms with van der Waals surface area (Å²) in [5.41, 5.74) is 2.11. The van der Waals surface area contributed by atoms with Gasteiger partial charge in [0.2, 0.25) is 5.95 Å². The highest BCUT2D eigenvalue weighted by Gasteiger charge is 2.14. The lowest BCUT2D eigenvalue weighted by Gasteiger charge is -2.29. The lowest BCUT2D eigenvalue weighted by molar-refractivity contribution is 0.223. The number of nitrogens with zero attached hydrogens (tertiary/aromatic N) is 4. The first kappa shape index (κ1) is 13.4. The minimum Gasteiger partial charge on any atom is -0.349 e. The van der Waals surface area contributed by atoms with Crippen molar-refractivity contribution >= 4 is 11.6 Å². The standard InChI is InChI=1S/C15H23N5/c1-12-6-9-20-14(10-12)17-15(18-20)16-13(2)11-19-7-4-3-5-8-19/h6,9-10,13H,3-5,7-8,11H2,1-2H3,(H,16,18). The average Bonchev–Trinajstić information content (AvgIpc) is 2.80. The first-order valence-electron chi connectivity index (χ1n) is 7.52. The Labute approximate surface area is 120 Å². The van der Waals surface area contributed by atoms with Gasteiger partial charge in [0, 0.05) is 18.8 Å². The van der Waals surface area contributed by atoms with Crippen molar-refractivity contribution in [3.8, 4) is 0 Å². The van der Waals surface area contributed by atoms with E-state index in [1.807, 2.05) is 22.8 Å². The molecule has 1 saturated heterocycles. The van der Waals surface area contributed by atoms with Crippen molar-refractivity contribution in [1.82, 2.24) is 19.5 Å². The van der Waals surface area contributed by atoms with Gasteiger partial charge in [0.05, 0.1) is 0 Å². The lowest BCUT2D eigenvalue weighted by atomic mass is 10.1. The van der Waals surface area contributed by atoms with E-state index in [1.54, 1.807) is 0 Å². The van der Waals surface area contributed by atoms with Crippen LogP contribution in [0.5, 0.6) is 0 Å². The number of piperidine rings is 1. The normalized spacial score (nSPS) is 18.3. The molecule has 2 aromatic heterocycles. The molecule has 1 aliphatic rings. The third-order valence-electron chi connectivity index (χ3n) is 3.85. The fourth-order valence-electron chi connectivity index (χ4n) is 2.84. The molecule has 0 saturated carbocycles. The number of hydrogen-bond acceptors (Lipinski definition) is 4. The van der Waals surface area contributed by atoms with E-state index in [0.29, 0.717) is 6.04 Å². The SMILES string of the molecule is Cc1ccn2nc(NC(C)CN3CCCCC3)nc2c1. The minimum atomic E-state index is 0.367. The van der Waals surface area contributed by atoms with E-state index in [-0.39, 0.29) is 0 Å². The summed E-state index contributed by atoms with van der Waals surface area (Å²) in [7, 11) is 0. The largest absolute Gasteiger partial charge is 0.349 e. The quantitative estimate of drug-likeness (QED) is 0.928. The Morgan fingerprint density at radius 1 is 1.30 bits per heavy atom. The lowest BCUT2D eigenvalue weighted by Crippen LogP contribution is -2.38. The summed E-state index contributed by atoms with van der Waals surface area (Å²) in [5, 5.41) is 7.88. The molecule has 0 radical (unpaired) electrons. The van der Waals surface area contributed by atoms with E-state index in [2.05, 4.69) is 34.1 Å². The summed E-state index contributed by atoms with van der Waals surface area (Å²) in [4.78, 5) is 7.06. The van der Waals surface area contributed by atoms with E-state index >= 15 is 0 Å². The zero-order chi connectivity index (χ0) is 13.9. The molecular formula is C15H23N5. The van der Waals surface area contributed by atoms with E-state index in [0.717, 1.165) is 18.1 Å². The monoisotopic (exact) mass is 273 g/mol. The number of rotatable bonds is 4. The minimum absolute atomic E-state index is 0.367. The Hall–Kier alpha value is -1.62. The van der Waals surface area contributed by atoms with Crippen LogP contribution in [-0.4, -0.2) is 45.2 Å². The van der Waals surface area contributed by atoms with Gasteiger partial charge in [-0.1, -0.05) is 6.42 Å². The fraction of sp³-hybridized carbons (Fsp3) is 0.600. The van der Waals surface area contributed by atoms with Crippen molar-refractivity contribution in [1.29, 1.82) is 0 Å². The highest BCUT2D eigenvalue weighted by molar-refractivity contribution is 5.45. The smallest absolute Gasteiger partial charge is 0.243 e. The van der Waals surface area contributed by atoms with Crippen molar-refractivity contribution < 1.29 is 0 Å².